The highest BCUT2D eigenvalue weighted by Gasteiger charge is 2.60. The van der Waals surface area contributed by atoms with Gasteiger partial charge in [0.15, 0.2) is 5.79 Å². The Balaban J connectivity index is 1.88. The maximum absolute atomic E-state index is 11.6. The quantitative estimate of drug-likeness (QED) is 0.689. The van der Waals surface area contributed by atoms with E-state index in [2.05, 4.69) is 20.4 Å². The van der Waals surface area contributed by atoms with Crippen LogP contribution < -0.4 is 0 Å². The first-order valence-corrected chi connectivity index (χ1v) is 9.57. The van der Waals surface area contributed by atoms with Crippen molar-refractivity contribution in [2.75, 3.05) is 6.61 Å². The molecule has 3 aliphatic rings. The van der Waals surface area contributed by atoms with Crippen LogP contribution in [-0.2, 0) is 14.3 Å². The molecule has 0 aromatic rings. The first-order valence-electron chi connectivity index (χ1n) is 9.57. The van der Waals surface area contributed by atoms with E-state index < -0.39 is 5.79 Å². The molecule has 0 spiro atoms. The molecule has 0 radical (unpaired) electrons. The largest absolute Gasteiger partial charge is 0.350 e. The van der Waals surface area contributed by atoms with Gasteiger partial charge in [-0.2, -0.15) is 0 Å². The maximum Gasteiger partial charge on any atom is 0.163 e. The van der Waals surface area contributed by atoms with E-state index in [1.165, 1.54) is 12.0 Å². The van der Waals surface area contributed by atoms with Gasteiger partial charge in [0.05, 0.1) is 12.7 Å². The number of ether oxygens (including phenoxy) is 2. The minimum atomic E-state index is -0.468. The highest BCUT2D eigenvalue weighted by atomic mass is 16.7. The summed E-state index contributed by atoms with van der Waals surface area (Å²) in [5, 5.41) is 0. The van der Waals surface area contributed by atoms with Crippen molar-refractivity contribution in [3.8, 4) is 0 Å². The lowest BCUT2D eigenvalue weighted by Crippen LogP contribution is -2.62. The Bertz CT molecular complexity index is 537. The number of carbonyl (C=O) groups is 1. The summed E-state index contributed by atoms with van der Waals surface area (Å²) in [5.74, 6) is 0.846. The van der Waals surface area contributed by atoms with Gasteiger partial charge in [0.2, 0.25) is 0 Å². The third-order valence-corrected chi connectivity index (χ3v) is 7.26. The van der Waals surface area contributed by atoms with E-state index in [1.807, 2.05) is 13.8 Å². The van der Waals surface area contributed by atoms with Crippen LogP contribution in [0.25, 0.3) is 0 Å². The molecule has 0 aromatic heterocycles. The van der Waals surface area contributed by atoms with Gasteiger partial charge >= 0.3 is 0 Å². The summed E-state index contributed by atoms with van der Waals surface area (Å²) < 4.78 is 12.4. The van der Waals surface area contributed by atoms with E-state index >= 15 is 0 Å². The maximum atomic E-state index is 11.6. The third-order valence-electron chi connectivity index (χ3n) is 7.26. The number of allylic oxidation sites excluding steroid dienone is 1. The number of Topliss-reactive ketones (excluding diaryl/α,β-unsaturated/α-hetero) is 1. The molecular formula is C21H34O3. The van der Waals surface area contributed by atoms with Gasteiger partial charge in [-0.05, 0) is 70.1 Å². The standard InChI is InChI=1S/C21H34O3/c1-14-7-10-17-20(5,16(14)9-8-15(2)22)12-11-18-21(17,6)13-23-19(3,4)24-18/h16-18H,1,7-13H2,2-6H3/t16-,17?,18-,20+,21-/m1/s1. The van der Waals surface area contributed by atoms with E-state index in [0.717, 1.165) is 32.3 Å². The smallest absolute Gasteiger partial charge is 0.163 e. The number of hydrogen-bond acceptors (Lipinski definition) is 3. The summed E-state index contributed by atoms with van der Waals surface area (Å²) in [6.07, 6.45) is 6.40. The Hall–Kier alpha value is -0.670. The fraction of sp³-hybridized carbons (Fsp3) is 0.857. The molecule has 2 aliphatic carbocycles. The van der Waals surface area contributed by atoms with Crippen LogP contribution in [0, 0.1) is 22.7 Å². The van der Waals surface area contributed by atoms with Crippen LogP contribution >= 0.6 is 0 Å². The van der Waals surface area contributed by atoms with Crippen molar-refractivity contribution in [2.45, 2.75) is 85.0 Å². The summed E-state index contributed by atoms with van der Waals surface area (Å²) in [6, 6.07) is 0. The van der Waals surface area contributed by atoms with Crippen molar-refractivity contribution in [3.05, 3.63) is 12.2 Å². The third kappa shape index (κ3) is 2.88. The van der Waals surface area contributed by atoms with Crippen molar-refractivity contribution in [1.29, 1.82) is 0 Å². The van der Waals surface area contributed by atoms with Crippen molar-refractivity contribution in [2.24, 2.45) is 22.7 Å². The highest BCUT2D eigenvalue weighted by molar-refractivity contribution is 5.75. The Morgan fingerprint density at radius 3 is 2.58 bits per heavy atom. The van der Waals surface area contributed by atoms with Gasteiger partial charge in [-0.15, -0.1) is 0 Å². The first-order chi connectivity index (χ1) is 11.1. The fourth-order valence-corrected chi connectivity index (χ4v) is 5.94. The molecule has 1 unspecified atom stereocenters. The molecule has 24 heavy (non-hydrogen) atoms. The molecule has 136 valence electrons. The minimum Gasteiger partial charge on any atom is -0.350 e. The zero-order valence-corrected chi connectivity index (χ0v) is 16.1. The lowest BCUT2D eigenvalue weighted by Gasteiger charge is -2.63. The summed E-state index contributed by atoms with van der Waals surface area (Å²) in [7, 11) is 0. The lowest BCUT2D eigenvalue weighted by molar-refractivity contribution is -0.344. The first kappa shape index (κ1) is 18.1. The highest BCUT2D eigenvalue weighted by Crippen LogP contribution is 2.63. The molecular weight excluding hydrogens is 300 g/mol. The summed E-state index contributed by atoms with van der Waals surface area (Å²) >= 11 is 0. The van der Waals surface area contributed by atoms with Crippen LogP contribution in [-0.4, -0.2) is 24.3 Å². The van der Waals surface area contributed by atoms with Gasteiger partial charge in [0.1, 0.15) is 5.78 Å². The summed E-state index contributed by atoms with van der Waals surface area (Å²) in [4.78, 5) is 11.6. The van der Waals surface area contributed by atoms with Crippen molar-refractivity contribution in [3.63, 3.8) is 0 Å². The molecule has 3 heteroatoms. The van der Waals surface area contributed by atoms with Crippen LogP contribution in [0.5, 0.6) is 0 Å². The zero-order valence-electron chi connectivity index (χ0n) is 16.1. The molecule has 0 N–H and O–H groups in total. The number of fused-ring (bicyclic) bond motifs is 3. The Kier molecular flexibility index (Phi) is 4.49. The van der Waals surface area contributed by atoms with Gasteiger partial charge in [-0.1, -0.05) is 26.0 Å². The molecule has 1 saturated heterocycles. The molecule has 3 nitrogen and oxygen atoms in total. The molecule has 1 aliphatic heterocycles. The average molecular weight is 335 g/mol. The van der Waals surface area contributed by atoms with Crippen LogP contribution in [0.3, 0.4) is 0 Å². The lowest BCUT2D eigenvalue weighted by atomic mass is 9.46. The van der Waals surface area contributed by atoms with E-state index in [0.29, 0.717) is 24.0 Å². The summed E-state index contributed by atoms with van der Waals surface area (Å²) in [5.41, 5.74) is 1.64. The second-order valence-corrected chi connectivity index (χ2v) is 9.39. The monoisotopic (exact) mass is 334 g/mol. The SMILES string of the molecule is C=C1CCC2[C@@](C)(CC[C@H]3OC(C)(C)OC[C@]23C)[C@@H]1CCC(C)=O. The van der Waals surface area contributed by atoms with Crippen molar-refractivity contribution < 1.29 is 14.3 Å². The van der Waals surface area contributed by atoms with Gasteiger partial charge < -0.3 is 14.3 Å². The number of hydrogen-bond donors (Lipinski definition) is 0. The normalized spacial score (nSPS) is 44.5. The molecule has 1 heterocycles. The Morgan fingerprint density at radius 1 is 1.21 bits per heavy atom. The second-order valence-electron chi connectivity index (χ2n) is 9.39. The predicted octanol–water partition coefficient (Wildman–Crippen LogP) is 4.90. The molecule has 2 saturated carbocycles. The van der Waals surface area contributed by atoms with Crippen LogP contribution in [0.4, 0.5) is 0 Å². The van der Waals surface area contributed by atoms with Crippen LogP contribution in [0.1, 0.15) is 73.1 Å². The predicted molar refractivity (Wildman–Crippen MR) is 95.6 cm³/mol. The second kappa shape index (κ2) is 5.95. The molecule has 0 aromatic carbocycles. The number of carbonyl (C=O) groups excluding carboxylic acids is 1. The molecule has 5 atom stereocenters. The van der Waals surface area contributed by atoms with Crippen molar-refractivity contribution >= 4 is 5.78 Å². The van der Waals surface area contributed by atoms with E-state index in [4.69, 9.17) is 9.47 Å². The van der Waals surface area contributed by atoms with Crippen molar-refractivity contribution in [1.82, 2.24) is 0 Å². The molecule has 0 bridgehead atoms. The number of rotatable bonds is 3. The van der Waals surface area contributed by atoms with Gasteiger partial charge in [0, 0.05) is 11.8 Å². The number of ketones is 1. The topological polar surface area (TPSA) is 35.5 Å². The van der Waals surface area contributed by atoms with E-state index in [1.54, 1.807) is 6.92 Å². The van der Waals surface area contributed by atoms with E-state index in [-0.39, 0.29) is 16.9 Å². The molecule has 0 amide bonds. The molecule has 3 rings (SSSR count). The molecule has 3 fully saturated rings. The van der Waals surface area contributed by atoms with Gasteiger partial charge in [0.25, 0.3) is 0 Å². The minimum absolute atomic E-state index is 0.0672. The van der Waals surface area contributed by atoms with Crippen LogP contribution in [0.2, 0.25) is 0 Å². The zero-order chi connectivity index (χ0) is 17.8. The van der Waals surface area contributed by atoms with Gasteiger partial charge in [-0.3, -0.25) is 0 Å². The Morgan fingerprint density at radius 2 is 1.92 bits per heavy atom. The Labute approximate surface area is 147 Å². The average Bonchev–Trinajstić information content (AvgIpc) is 2.47. The van der Waals surface area contributed by atoms with E-state index in [9.17, 15) is 4.79 Å². The summed E-state index contributed by atoms with van der Waals surface area (Å²) in [6.45, 7) is 15.7. The fourth-order valence-electron chi connectivity index (χ4n) is 5.94. The van der Waals surface area contributed by atoms with Crippen LogP contribution in [0.15, 0.2) is 12.2 Å². The van der Waals surface area contributed by atoms with Gasteiger partial charge in [-0.25, -0.2) is 0 Å².